The summed E-state index contributed by atoms with van der Waals surface area (Å²) in [5, 5.41) is 16.8. The molecule has 0 bridgehead atoms. The number of hydrogen-bond acceptors (Lipinski definition) is 3. The van der Waals surface area contributed by atoms with Crippen molar-refractivity contribution in [3.8, 4) is 0 Å². The maximum atomic E-state index is 11.6. The summed E-state index contributed by atoms with van der Waals surface area (Å²) < 4.78 is 0. The van der Waals surface area contributed by atoms with Crippen LogP contribution in [-0.2, 0) is 4.79 Å². The van der Waals surface area contributed by atoms with Gasteiger partial charge in [0.25, 0.3) is 0 Å². The van der Waals surface area contributed by atoms with E-state index in [2.05, 4.69) is 16.0 Å². The molecule has 4 N–H and O–H groups in total. The fraction of sp³-hybridized carbons (Fsp3) is 0.357. The topological polar surface area (TPSA) is 108 Å². The van der Waals surface area contributed by atoms with Crippen molar-refractivity contribution in [2.24, 2.45) is 0 Å². The van der Waals surface area contributed by atoms with Gasteiger partial charge >= 0.3 is 12.0 Å². The van der Waals surface area contributed by atoms with Crippen molar-refractivity contribution < 1.29 is 19.5 Å². The van der Waals surface area contributed by atoms with Gasteiger partial charge in [0.05, 0.1) is 11.3 Å². The molecule has 1 rings (SSSR count). The molecule has 0 fully saturated rings. The number of nitrogens with one attached hydrogen (secondary N) is 3. The van der Waals surface area contributed by atoms with E-state index in [-0.39, 0.29) is 17.2 Å². The van der Waals surface area contributed by atoms with Crippen LogP contribution in [0.5, 0.6) is 0 Å². The lowest BCUT2D eigenvalue weighted by molar-refractivity contribution is -0.114. The van der Waals surface area contributed by atoms with Crippen molar-refractivity contribution in [3.05, 3.63) is 23.8 Å². The number of hydrogen-bond donors (Lipinski definition) is 4. The molecule has 1 aromatic rings. The van der Waals surface area contributed by atoms with E-state index in [0.29, 0.717) is 12.2 Å². The molecular formula is C14H19N3O4. The van der Waals surface area contributed by atoms with E-state index in [1.54, 1.807) is 0 Å². The first kappa shape index (κ1) is 16.5. The number of amides is 3. The normalized spacial score (nSPS) is 9.81. The zero-order valence-electron chi connectivity index (χ0n) is 12.0. The smallest absolute Gasteiger partial charge is 0.337 e. The zero-order valence-corrected chi connectivity index (χ0v) is 12.0. The molecule has 0 spiro atoms. The molecule has 0 aliphatic carbocycles. The van der Waals surface area contributed by atoms with Crippen LogP contribution in [0, 0.1) is 0 Å². The number of carboxylic acid groups (broad SMARTS) is 1. The number of unbranched alkanes of at least 4 members (excludes halogenated alkanes) is 1. The Morgan fingerprint density at radius 1 is 1.19 bits per heavy atom. The van der Waals surface area contributed by atoms with Gasteiger partial charge in [0.2, 0.25) is 5.91 Å². The van der Waals surface area contributed by atoms with E-state index in [4.69, 9.17) is 5.11 Å². The lowest BCUT2D eigenvalue weighted by Crippen LogP contribution is -2.30. The average Bonchev–Trinajstić information content (AvgIpc) is 2.40. The number of benzene rings is 1. The molecular weight excluding hydrogens is 274 g/mol. The van der Waals surface area contributed by atoms with E-state index in [0.717, 1.165) is 12.8 Å². The molecule has 0 radical (unpaired) electrons. The predicted octanol–water partition coefficient (Wildman–Crippen LogP) is 2.26. The molecule has 7 nitrogen and oxygen atoms in total. The second-order valence-electron chi connectivity index (χ2n) is 4.48. The fourth-order valence-corrected chi connectivity index (χ4v) is 1.66. The van der Waals surface area contributed by atoms with Crippen molar-refractivity contribution in [3.63, 3.8) is 0 Å². The van der Waals surface area contributed by atoms with Gasteiger partial charge in [-0.2, -0.15) is 0 Å². The van der Waals surface area contributed by atoms with Crippen molar-refractivity contribution >= 4 is 29.3 Å². The van der Waals surface area contributed by atoms with E-state index in [1.165, 1.54) is 25.1 Å². The summed E-state index contributed by atoms with van der Waals surface area (Å²) in [5.74, 6) is -1.49. The van der Waals surface area contributed by atoms with Crippen molar-refractivity contribution in [1.29, 1.82) is 0 Å². The number of carboxylic acids is 1. The zero-order chi connectivity index (χ0) is 15.8. The Bertz CT molecular complexity index is 543. The molecule has 1 aromatic carbocycles. The molecule has 7 heteroatoms. The van der Waals surface area contributed by atoms with Crippen LogP contribution in [0.25, 0.3) is 0 Å². The Balaban J connectivity index is 2.83. The van der Waals surface area contributed by atoms with Gasteiger partial charge in [-0.15, -0.1) is 0 Å². The standard InChI is InChI=1S/C14H19N3O4/c1-3-4-7-15-14(21)17-12-6-5-10(16-9(2)18)8-11(12)13(19)20/h5-6,8H,3-4,7H2,1-2H3,(H,16,18)(H,19,20)(H2,15,17,21). The van der Waals surface area contributed by atoms with E-state index >= 15 is 0 Å². The first-order chi connectivity index (χ1) is 9.93. The summed E-state index contributed by atoms with van der Waals surface area (Å²) in [6.45, 7) is 3.85. The molecule has 114 valence electrons. The molecule has 0 aliphatic heterocycles. The van der Waals surface area contributed by atoms with E-state index < -0.39 is 12.0 Å². The van der Waals surface area contributed by atoms with Crippen LogP contribution >= 0.6 is 0 Å². The van der Waals surface area contributed by atoms with Crippen molar-refractivity contribution in [2.45, 2.75) is 26.7 Å². The van der Waals surface area contributed by atoms with Gasteiger partial charge in [-0.25, -0.2) is 9.59 Å². The third kappa shape index (κ3) is 5.52. The minimum atomic E-state index is -1.19. The molecule has 0 atom stereocenters. The minimum Gasteiger partial charge on any atom is -0.478 e. The van der Waals surface area contributed by atoms with Gasteiger partial charge in [0.1, 0.15) is 0 Å². The van der Waals surface area contributed by atoms with Gasteiger partial charge in [0, 0.05) is 19.2 Å². The Kier molecular flexibility index (Phi) is 6.19. The van der Waals surface area contributed by atoms with Gasteiger partial charge in [-0.3, -0.25) is 4.79 Å². The highest BCUT2D eigenvalue weighted by molar-refractivity contribution is 6.01. The maximum Gasteiger partial charge on any atom is 0.337 e. The SMILES string of the molecule is CCCCNC(=O)Nc1ccc(NC(C)=O)cc1C(=O)O. The summed E-state index contributed by atoms with van der Waals surface area (Å²) in [5.41, 5.74) is 0.439. The Morgan fingerprint density at radius 2 is 1.90 bits per heavy atom. The second kappa shape index (κ2) is 7.88. The predicted molar refractivity (Wildman–Crippen MR) is 79.6 cm³/mol. The molecule has 0 saturated heterocycles. The quantitative estimate of drug-likeness (QED) is 0.603. The van der Waals surface area contributed by atoms with Gasteiger partial charge < -0.3 is 21.1 Å². The molecule has 3 amide bonds. The number of aromatic carboxylic acids is 1. The number of urea groups is 1. The lowest BCUT2D eigenvalue weighted by Gasteiger charge is -2.11. The van der Waals surface area contributed by atoms with Crippen LogP contribution in [0.1, 0.15) is 37.0 Å². The highest BCUT2D eigenvalue weighted by atomic mass is 16.4. The lowest BCUT2D eigenvalue weighted by atomic mass is 10.1. The summed E-state index contributed by atoms with van der Waals surface area (Å²) in [6, 6.07) is 3.80. The molecule has 0 saturated carbocycles. The highest BCUT2D eigenvalue weighted by Crippen LogP contribution is 2.20. The summed E-state index contributed by atoms with van der Waals surface area (Å²) in [6.07, 6.45) is 1.80. The number of carbonyl (C=O) groups excluding carboxylic acids is 2. The van der Waals surface area contributed by atoms with Crippen LogP contribution in [0.4, 0.5) is 16.2 Å². The van der Waals surface area contributed by atoms with Gasteiger partial charge in [0.15, 0.2) is 0 Å². The van der Waals surface area contributed by atoms with Crippen molar-refractivity contribution in [2.75, 3.05) is 17.2 Å². The minimum absolute atomic E-state index is 0.0908. The molecule has 0 unspecified atom stereocenters. The molecule has 0 aromatic heterocycles. The van der Waals surface area contributed by atoms with Crippen LogP contribution in [-0.4, -0.2) is 29.6 Å². The van der Waals surface area contributed by atoms with Gasteiger partial charge in [-0.05, 0) is 24.6 Å². The summed E-state index contributed by atoms with van der Waals surface area (Å²) in [7, 11) is 0. The third-order valence-corrected chi connectivity index (χ3v) is 2.63. The van der Waals surface area contributed by atoms with Crippen LogP contribution < -0.4 is 16.0 Å². The Morgan fingerprint density at radius 3 is 2.48 bits per heavy atom. The number of rotatable bonds is 6. The van der Waals surface area contributed by atoms with Crippen molar-refractivity contribution in [1.82, 2.24) is 5.32 Å². The summed E-state index contributed by atoms with van der Waals surface area (Å²) >= 11 is 0. The average molecular weight is 293 g/mol. The van der Waals surface area contributed by atoms with E-state index in [1.807, 2.05) is 6.92 Å². The van der Waals surface area contributed by atoms with Gasteiger partial charge in [-0.1, -0.05) is 13.3 Å². The van der Waals surface area contributed by atoms with Crippen LogP contribution in [0.15, 0.2) is 18.2 Å². The number of carbonyl (C=O) groups is 3. The maximum absolute atomic E-state index is 11.6. The monoisotopic (exact) mass is 293 g/mol. The van der Waals surface area contributed by atoms with Crippen LogP contribution in [0.3, 0.4) is 0 Å². The second-order valence-corrected chi connectivity index (χ2v) is 4.48. The van der Waals surface area contributed by atoms with E-state index in [9.17, 15) is 14.4 Å². The molecule has 0 heterocycles. The fourth-order valence-electron chi connectivity index (χ4n) is 1.66. The van der Waals surface area contributed by atoms with Crippen LogP contribution in [0.2, 0.25) is 0 Å². The summed E-state index contributed by atoms with van der Waals surface area (Å²) in [4.78, 5) is 33.8. The first-order valence-corrected chi connectivity index (χ1v) is 6.63. The first-order valence-electron chi connectivity index (χ1n) is 6.63. The Hall–Kier alpha value is -2.57. The third-order valence-electron chi connectivity index (χ3n) is 2.63. The Labute approximate surface area is 122 Å². The largest absolute Gasteiger partial charge is 0.478 e. The number of anilines is 2. The molecule has 21 heavy (non-hydrogen) atoms. The molecule has 0 aliphatic rings. The highest BCUT2D eigenvalue weighted by Gasteiger charge is 2.13.